The zero-order valence-corrected chi connectivity index (χ0v) is 16.1. The van der Waals surface area contributed by atoms with Crippen LogP contribution in [-0.2, 0) is 4.74 Å². The lowest BCUT2D eigenvalue weighted by Gasteiger charge is -2.14. The van der Waals surface area contributed by atoms with E-state index in [-0.39, 0.29) is 12.5 Å². The summed E-state index contributed by atoms with van der Waals surface area (Å²) >= 11 is 4.36. The first-order valence-electron chi connectivity index (χ1n) is 9.10. The molecule has 0 fully saturated rings. The molecular formula is C24H19NO2S. The van der Waals surface area contributed by atoms with Crippen LogP contribution in [0, 0.1) is 11.8 Å². The monoisotopic (exact) mass is 385 g/mol. The quantitative estimate of drug-likeness (QED) is 0.499. The van der Waals surface area contributed by atoms with Gasteiger partial charge >= 0.3 is 6.09 Å². The summed E-state index contributed by atoms with van der Waals surface area (Å²) in [6.07, 6.45) is -0.463. The fourth-order valence-corrected chi connectivity index (χ4v) is 3.70. The van der Waals surface area contributed by atoms with Gasteiger partial charge in [0.15, 0.2) is 0 Å². The molecule has 0 bridgehead atoms. The van der Waals surface area contributed by atoms with Crippen molar-refractivity contribution in [3.05, 3.63) is 89.5 Å². The van der Waals surface area contributed by atoms with Crippen LogP contribution in [0.3, 0.4) is 0 Å². The summed E-state index contributed by atoms with van der Waals surface area (Å²) < 4.78 is 5.48. The Balaban J connectivity index is 1.36. The Morgan fingerprint density at radius 3 is 2.21 bits per heavy atom. The number of nitrogens with one attached hydrogen (secondary N) is 1. The van der Waals surface area contributed by atoms with Crippen LogP contribution in [-0.4, -0.2) is 19.2 Å². The van der Waals surface area contributed by atoms with E-state index >= 15 is 0 Å². The number of carbonyl (C=O) groups is 1. The SMILES string of the molecule is O=C(NCC#Cc1ccccc1S)OCC1c2ccccc2-c2ccccc21. The summed E-state index contributed by atoms with van der Waals surface area (Å²) in [5.41, 5.74) is 5.65. The average molecular weight is 385 g/mol. The van der Waals surface area contributed by atoms with Crippen LogP contribution in [0.1, 0.15) is 22.6 Å². The Labute approximate surface area is 170 Å². The summed E-state index contributed by atoms with van der Waals surface area (Å²) in [7, 11) is 0. The standard InChI is InChI=1S/C24H19NO2S/c26-24(25-15-7-9-17-8-1-6-14-23(17)28)27-16-22-20-12-4-2-10-18(20)19-11-3-5-13-21(19)22/h1-6,8,10-14,22,28H,15-16H2,(H,25,26). The van der Waals surface area contributed by atoms with Gasteiger partial charge in [0.25, 0.3) is 0 Å². The Morgan fingerprint density at radius 1 is 0.929 bits per heavy atom. The van der Waals surface area contributed by atoms with Crippen LogP contribution in [0.5, 0.6) is 0 Å². The smallest absolute Gasteiger partial charge is 0.407 e. The molecule has 3 aromatic rings. The minimum Gasteiger partial charge on any atom is -0.449 e. The van der Waals surface area contributed by atoms with E-state index in [0.29, 0.717) is 6.61 Å². The summed E-state index contributed by atoms with van der Waals surface area (Å²) in [5.74, 6) is 5.97. The van der Waals surface area contributed by atoms with Crippen LogP contribution in [0.2, 0.25) is 0 Å². The predicted octanol–water partition coefficient (Wildman–Crippen LogP) is 4.87. The van der Waals surface area contributed by atoms with Gasteiger partial charge < -0.3 is 10.1 Å². The molecule has 0 heterocycles. The number of rotatable bonds is 3. The highest BCUT2D eigenvalue weighted by atomic mass is 32.1. The van der Waals surface area contributed by atoms with Gasteiger partial charge in [0.2, 0.25) is 0 Å². The van der Waals surface area contributed by atoms with Crippen molar-refractivity contribution in [2.45, 2.75) is 10.8 Å². The molecule has 1 aliphatic rings. The minimum absolute atomic E-state index is 0.0558. The molecular weight excluding hydrogens is 366 g/mol. The number of ether oxygens (including phenoxy) is 1. The van der Waals surface area contributed by atoms with E-state index in [1.54, 1.807) is 0 Å². The molecule has 0 atom stereocenters. The van der Waals surface area contributed by atoms with Gasteiger partial charge in [-0.05, 0) is 34.4 Å². The second-order valence-corrected chi connectivity index (χ2v) is 6.98. The fourth-order valence-electron chi connectivity index (χ4n) is 3.48. The Morgan fingerprint density at radius 2 is 1.54 bits per heavy atom. The first-order chi connectivity index (χ1) is 13.7. The van der Waals surface area contributed by atoms with Crippen LogP contribution < -0.4 is 5.32 Å². The van der Waals surface area contributed by atoms with Gasteiger partial charge in [-0.25, -0.2) is 4.79 Å². The van der Waals surface area contributed by atoms with Gasteiger partial charge in [-0.2, -0.15) is 0 Å². The van der Waals surface area contributed by atoms with Gasteiger partial charge in [0.1, 0.15) is 6.61 Å². The van der Waals surface area contributed by atoms with Gasteiger partial charge in [-0.3, -0.25) is 0 Å². The molecule has 0 radical (unpaired) electrons. The molecule has 0 aromatic heterocycles. The molecule has 0 saturated heterocycles. The molecule has 0 unspecified atom stereocenters. The third kappa shape index (κ3) is 3.76. The molecule has 28 heavy (non-hydrogen) atoms. The lowest BCUT2D eigenvalue weighted by Crippen LogP contribution is -2.26. The summed E-state index contributed by atoms with van der Waals surface area (Å²) in [6, 6.07) is 24.1. The summed E-state index contributed by atoms with van der Waals surface area (Å²) in [4.78, 5) is 12.9. The molecule has 0 aliphatic heterocycles. The van der Waals surface area contributed by atoms with E-state index in [2.05, 4.69) is 54.1 Å². The number of carbonyl (C=O) groups excluding carboxylic acids is 1. The van der Waals surface area contributed by atoms with E-state index in [1.165, 1.54) is 22.3 Å². The van der Waals surface area contributed by atoms with E-state index in [4.69, 9.17) is 4.74 Å². The molecule has 3 aromatic carbocycles. The molecule has 3 nitrogen and oxygen atoms in total. The van der Waals surface area contributed by atoms with Crippen molar-refractivity contribution < 1.29 is 9.53 Å². The third-order valence-corrected chi connectivity index (χ3v) is 5.18. The van der Waals surface area contributed by atoms with Gasteiger partial charge in [0.05, 0.1) is 6.54 Å². The number of benzene rings is 3. The second-order valence-electron chi connectivity index (χ2n) is 6.50. The molecule has 1 aliphatic carbocycles. The summed E-state index contributed by atoms with van der Waals surface area (Å²) in [6.45, 7) is 0.519. The number of hydrogen-bond acceptors (Lipinski definition) is 3. The third-order valence-electron chi connectivity index (χ3n) is 4.79. The van der Waals surface area contributed by atoms with Crippen LogP contribution >= 0.6 is 12.6 Å². The molecule has 0 saturated carbocycles. The number of fused-ring (bicyclic) bond motifs is 3. The van der Waals surface area contributed by atoms with Crippen LogP contribution in [0.25, 0.3) is 11.1 Å². The van der Waals surface area contributed by atoms with Crippen molar-refractivity contribution in [2.75, 3.05) is 13.2 Å². The van der Waals surface area contributed by atoms with Gasteiger partial charge in [-0.1, -0.05) is 72.5 Å². The predicted molar refractivity (Wildman–Crippen MR) is 114 cm³/mol. The van der Waals surface area contributed by atoms with Crippen molar-refractivity contribution in [1.82, 2.24) is 5.32 Å². The van der Waals surface area contributed by atoms with Gasteiger partial charge in [0, 0.05) is 16.4 Å². The van der Waals surface area contributed by atoms with Crippen molar-refractivity contribution in [2.24, 2.45) is 0 Å². The Bertz CT molecular complexity index is 1040. The minimum atomic E-state index is -0.463. The van der Waals surface area contributed by atoms with Crippen molar-refractivity contribution >= 4 is 18.7 Å². The normalized spacial score (nSPS) is 11.8. The average Bonchev–Trinajstić information content (AvgIpc) is 3.05. The first kappa shape index (κ1) is 18.2. The molecule has 138 valence electrons. The molecule has 4 rings (SSSR count). The van der Waals surface area contributed by atoms with Crippen LogP contribution in [0.15, 0.2) is 77.7 Å². The van der Waals surface area contributed by atoms with Crippen molar-refractivity contribution in [1.29, 1.82) is 0 Å². The Hall–Kier alpha value is -3.16. The number of amides is 1. The zero-order chi connectivity index (χ0) is 19.3. The highest BCUT2D eigenvalue weighted by Gasteiger charge is 2.28. The highest BCUT2D eigenvalue weighted by Crippen LogP contribution is 2.44. The summed E-state index contributed by atoms with van der Waals surface area (Å²) in [5, 5.41) is 2.68. The lowest BCUT2D eigenvalue weighted by atomic mass is 9.98. The first-order valence-corrected chi connectivity index (χ1v) is 9.54. The Kier molecular flexibility index (Phi) is 5.36. The van der Waals surface area contributed by atoms with Crippen molar-refractivity contribution in [3.63, 3.8) is 0 Å². The molecule has 1 amide bonds. The van der Waals surface area contributed by atoms with E-state index in [0.717, 1.165) is 10.5 Å². The van der Waals surface area contributed by atoms with Gasteiger partial charge in [-0.15, -0.1) is 12.6 Å². The maximum Gasteiger partial charge on any atom is 0.407 e. The lowest BCUT2D eigenvalue weighted by molar-refractivity contribution is 0.144. The zero-order valence-electron chi connectivity index (χ0n) is 15.2. The number of thiol groups is 1. The fraction of sp³-hybridized carbons (Fsp3) is 0.125. The molecule has 0 spiro atoms. The maximum absolute atomic E-state index is 12.1. The molecule has 1 N–H and O–H groups in total. The topological polar surface area (TPSA) is 38.3 Å². The van der Waals surface area contributed by atoms with Crippen LogP contribution in [0.4, 0.5) is 4.79 Å². The molecule has 4 heteroatoms. The number of hydrogen-bond donors (Lipinski definition) is 2. The highest BCUT2D eigenvalue weighted by molar-refractivity contribution is 7.80. The van der Waals surface area contributed by atoms with E-state index in [1.807, 2.05) is 48.5 Å². The second kappa shape index (κ2) is 8.24. The van der Waals surface area contributed by atoms with E-state index in [9.17, 15) is 4.79 Å². The van der Waals surface area contributed by atoms with E-state index < -0.39 is 6.09 Å². The van der Waals surface area contributed by atoms with Crippen molar-refractivity contribution in [3.8, 4) is 23.0 Å². The maximum atomic E-state index is 12.1. The number of alkyl carbamates (subject to hydrolysis) is 1. The largest absolute Gasteiger partial charge is 0.449 e.